The Morgan fingerprint density at radius 2 is 1.66 bits per heavy atom. The van der Waals surface area contributed by atoms with Crippen LogP contribution in [0, 0.1) is 11.8 Å². The lowest BCUT2D eigenvalue weighted by molar-refractivity contribution is 0.0696. The maximum absolute atomic E-state index is 12.2. The third-order valence-corrected chi connectivity index (χ3v) is 5.39. The number of benzene rings is 3. The lowest BCUT2D eigenvalue weighted by Crippen LogP contribution is -2.26. The molecule has 0 heterocycles. The highest BCUT2D eigenvalue weighted by Gasteiger charge is 2.28. The van der Waals surface area contributed by atoms with Crippen molar-refractivity contribution in [2.45, 2.75) is 12.3 Å². The monoisotopic (exact) mass is 426 g/mol. The molecule has 4 N–H and O–H groups in total. The number of alkyl carbamates (subject to hydrolysis) is 1. The number of nitrogen functional groups attached to an aromatic ring is 1. The molecule has 32 heavy (non-hydrogen) atoms. The predicted molar refractivity (Wildman–Crippen MR) is 122 cm³/mol. The lowest BCUT2D eigenvalue weighted by atomic mass is 9.98. The first kappa shape index (κ1) is 21.0. The van der Waals surface area contributed by atoms with E-state index in [0.717, 1.165) is 11.1 Å². The van der Waals surface area contributed by atoms with E-state index in [1.54, 1.807) is 0 Å². The zero-order chi connectivity index (χ0) is 22.5. The number of carboxylic acid groups (broad SMARTS) is 1. The molecule has 1 amide bonds. The zero-order valence-corrected chi connectivity index (χ0v) is 17.3. The molecule has 0 aromatic heterocycles. The van der Waals surface area contributed by atoms with Crippen LogP contribution in [-0.2, 0) is 4.74 Å². The maximum Gasteiger partial charge on any atom is 0.407 e. The van der Waals surface area contributed by atoms with Gasteiger partial charge in [0.15, 0.2) is 0 Å². The number of carboxylic acids is 1. The number of ether oxygens (including phenoxy) is 1. The molecule has 0 saturated carbocycles. The van der Waals surface area contributed by atoms with E-state index in [1.807, 2.05) is 24.3 Å². The Morgan fingerprint density at radius 3 is 2.31 bits per heavy atom. The van der Waals surface area contributed by atoms with Crippen molar-refractivity contribution < 1.29 is 19.4 Å². The van der Waals surface area contributed by atoms with E-state index in [1.165, 1.54) is 29.3 Å². The van der Waals surface area contributed by atoms with E-state index in [-0.39, 0.29) is 18.1 Å². The molecule has 0 spiro atoms. The SMILES string of the molecule is Nc1ccc(C(=O)O)cc1C#CCCNC(=O)OCC1c2ccccc2-c2ccccc21. The molecule has 1 aliphatic carbocycles. The second-order valence-electron chi connectivity index (χ2n) is 7.41. The van der Waals surface area contributed by atoms with Crippen molar-refractivity contribution in [3.8, 4) is 23.0 Å². The van der Waals surface area contributed by atoms with Crippen LogP contribution in [0.2, 0.25) is 0 Å². The van der Waals surface area contributed by atoms with Crippen LogP contribution in [0.5, 0.6) is 0 Å². The van der Waals surface area contributed by atoms with E-state index in [4.69, 9.17) is 15.6 Å². The molecule has 6 nitrogen and oxygen atoms in total. The van der Waals surface area contributed by atoms with Crippen molar-refractivity contribution in [3.05, 3.63) is 89.0 Å². The summed E-state index contributed by atoms with van der Waals surface area (Å²) >= 11 is 0. The average Bonchev–Trinajstić information content (AvgIpc) is 3.12. The van der Waals surface area contributed by atoms with Crippen molar-refractivity contribution in [3.63, 3.8) is 0 Å². The van der Waals surface area contributed by atoms with E-state index in [0.29, 0.717) is 24.2 Å². The second kappa shape index (κ2) is 9.27. The molecule has 3 aromatic carbocycles. The number of aromatic carboxylic acids is 1. The summed E-state index contributed by atoms with van der Waals surface area (Å²) in [6.45, 7) is 0.562. The summed E-state index contributed by atoms with van der Waals surface area (Å²) in [7, 11) is 0. The Hall–Kier alpha value is -4.24. The number of rotatable bonds is 5. The van der Waals surface area contributed by atoms with Crippen LogP contribution >= 0.6 is 0 Å². The fourth-order valence-corrected chi connectivity index (χ4v) is 3.83. The summed E-state index contributed by atoms with van der Waals surface area (Å²) < 4.78 is 5.48. The smallest absolute Gasteiger partial charge is 0.407 e. The van der Waals surface area contributed by atoms with E-state index in [9.17, 15) is 9.59 Å². The summed E-state index contributed by atoms with van der Waals surface area (Å²) in [4.78, 5) is 23.2. The second-order valence-corrected chi connectivity index (χ2v) is 7.41. The summed E-state index contributed by atoms with van der Waals surface area (Å²) in [5.74, 6) is 4.72. The van der Waals surface area contributed by atoms with Gasteiger partial charge in [-0.05, 0) is 40.5 Å². The molecule has 0 aliphatic heterocycles. The van der Waals surface area contributed by atoms with Crippen LogP contribution < -0.4 is 11.1 Å². The molecule has 160 valence electrons. The average molecular weight is 426 g/mol. The molecule has 0 fully saturated rings. The van der Waals surface area contributed by atoms with Gasteiger partial charge in [-0.25, -0.2) is 9.59 Å². The topological polar surface area (TPSA) is 102 Å². The minimum Gasteiger partial charge on any atom is -0.478 e. The zero-order valence-electron chi connectivity index (χ0n) is 17.3. The predicted octanol–water partition coefficient (Wildman–Crippen LogP) is 4.25. The Kier molecular flexibility index (Phi) is 6.09. The Bertz CT molecular complexity index is 1190. The number of hydrogen-bond acceptors (Lipinski definition) is 4. The summed E-state index contributed by atoms with van der Waals surface area (Å²) in [5, 5.41) is 11.8. The number of amides is 1. The fourth-order valence-electron chi connectivity index (χ4n) is 3.83. The molecule has 0 saturated heterocycles. The molecular weight excluding hydrogens is 404 g/mol. The van der Waals surface area contributed by atoms with Crippen molar-refractivity contribution in [1.82, 2.24) is 5.32 Å². The lowest BCUT2D eigenvalue weighted by Gasteiger charge is -2.14. The first-order chi connectivity index (χ1) is 15.5. The summed E-state index contributed by atoms with van der Waals surface area (Å²) in [5.41, 5.74) is 11.5. The van der Waals surface area contributed by atoms with Crippen molar-refractivity contribution in [2.75, 3.05) is 18.9 Å². The van der Waals surface area contributed by atoms with Crippen LogP contribution in [0.1, 0.15) is 39.4 Å². The number of hydrogen-bond donors (Lipinski definition) is 3. The van der Waals surface area contributed by atoms with Crippen molar-refractivity contribution in [2.24, 2.45) is 0 Å². The van der Waals surface area contributed by atoms with Gasteiger partial charge in [-0.2, -0.15) is 0 Å². The number of nitrogens with one attached hydrogen (secondary N) is 1. The molecule has 0 bridgehead atoms. The van der Waals surface area contributed by atoms with Crippen molar-refractivity contribution in [1.29, 1.82) is 0 Å². The number of carbonyl (C=O) groups excluding carboxylic acids is 1. The first-order valence-corrected chi connectivity index (χ1v) is 10.2. The number of nitrogens with two attached hydrogens (primary N) is 1. The third kappa shape index (κ3) is 4.42. The number of carbonyl (C=O) groups is 2. The third-order valence-electron chi connectivity index (χ3n) is 5.39. The highest BCUT2D eigenvalue weighted by atomic mass is 16.5. The van der Waals surface area contributed by atoms with Gasteiger partial charge in [-0.3, -0.25) is 0 Å². The van der Waals surface area contributed by atoms with Gasteiger partial charge in [0, 0.05) is 30.1 Å². The number of fused-ring (bicyclic) bond motifs is 3. The summed E-state index contributed by atoms with van der Waals surface area (Å²) in [6.07, 6.45) is -0.123. The van der Waals surface area contributed by atoms with Crippen LogP contribution in [0.25, 0.3) is 11.1 Å². The van der Waals surface area contributed by atoms with Gasteiger partial charge >= 0.3 is 12.1 Å². The largest absolute Gasteiger partial charge is 0.478 e. The van der Waals surface area contributed by atoms with Gasteiger partial charge in [-0.1, -0.05) is 60.4 Å². The number of anilines is 1. The minimum absolute atomic E-state index is 0.0115. The van der Waals surface area contributed by atoms with E-state index in [2.05, 4.69) is 41.4 Å². The molecular formula is C26H22N2O4. The maximum atomic E-state index is 12.2. The van der Waals surface area contributed by atoms with Gasteiger partial charge in [0.05, 0.1) is 5.56 Å². The molecule has 3 aromatic rings. The Morgan fingerprint density at radius 1 is 1.00 bits per heavy atom. The van der Waals surface area contributed by atoms with E-state index < -0.39 is 12.1 Å². The molecule has 0 radical (unpaired) electrons. The fraction of sp³-hybridized carbons (Fsp3) is 0.154. The van der Waals surface area contributed by atoms with E-state index >= 15 is 0 Å². The van der Waals surface area contributed by atoms with Crippen LogP contribution in [0.15, 0.2) is 66.7 Å². The molecule has 6 heteroatoms. The van der Waals surface area contributed by atoms with Crippen LogP contribution in [-0.4, -0.2) is 30.3 Å². The standard InChI is InChI=1S/C26H22N2O4/c27-24-13-12-18(25(29)30)15-17(24)7-5-6-14-28-26(31)32-16-23-21-10-3-1-8-19(21)20-9-2-4-11-22(20)23/h1-4,8-13,15,23H,6,14,16,27H2,(H,28,31)(H,29,30). The molecule has 0 unspecified atom stereocenters. The van der Waals surface area contributed by atoms with Crippen LogP contribution in [0.4, 0.5) is 10.5 Å². The highest BCUT2D eigenvalue weighted by molar-refractivity contribution is 5.89. The van der Waals surface area contributed by atoms with Gasteiger partial charge in [0.25, 0.3) is 0 Å². The first-order valence-electron chi connectivity index (χ1n) is 10.2. The Balaban J connectivity index is 1.30. The highest BCUT2D eigenvalue weighted by Crippen LogP contribution is 2.44. The van der Waals surface area contributed by atoms with Gasteiger partial charge in [0.1, 0.15) is 6.61 Å². The quantitative estimate of drug-likeness (QED) is 0.322. The normalized spacial score (nSPS) is 11.6. The minimum atomic E-state index is -1.04. The van der Waals surface area contributed by atoms with Crippen molar-refractivity contribution >= 4 is 17.7 Å². The Labute approximate surface area is 186 Å². The van der Waals surface area contributed by atoms with Gasteiger partial charge in [0.2, 0.25) is 0 Å². The molecule has 1 aliphatic rings. The summed E-state index contributed by atoms with van der Waals surface area (Å²) in [6, 6.07) is 20.7. The molecule has 4 rings (SSSR count). The molecule has 0 atom stereocenters. The van der Waals surface area contributed by atoms with Crippen LogP contribution in [0.3, 0.4) is 0 Å². The van der Waals surface area contributed by atoms with Gasteiger partial charge in [-0.15, -0.1) is 0 Å². The van der Waals surface area contributed by atoms with Gasteiger partial charge < -0.3 is 20.9 Å².